The van der Waals surface area contributed by atoms with Crippen molar-refractivity contribution in [3.8, 4) is 0 Å². The highest BCUT2D eigenvalue weighted by atomic mass is 16.5. The Balaban J connectivity index is 1.96. The van der Waals surface area contributed by atoms with Crippen LogP contribution in [0.25, 0.3) is 0 Å². The lowest BCUT2D eigenvalue weighted by molar-refractivity contribution is 0.0351. The van der Waals surface area contributed by atoms with E-state index < -0.39 is 0 Å². The number of unbranched alkanes of at least 4 members (excludes halogenated alkanes) is 1. The van der Waals surface area contributed by atoms with Crippen molar-refractivity contribution in [1.29, 1.82) is 0 Å². The monoisotopic (exact) mass is 259 g/mol. The van der Waals surface area contributed by atoms with Gasteiger partial charge in [-0.2, -0.15) is 0 Å². The van der Waals surface area contributed by atoms with E-state index >= 15 is 0 Å². The minimum atomic E-state index is -0.389. The molecular formula is C14H29NO3. The van der Waals surface area contributed by atoms with Crippen LogP contribution in [-0.4, -0.2) is 51.2 Å². The Morgan fingerprint density at radius 3 is 2.72 bits per heavy atom. The second-order valence-electron chi connectivity index (χ2n) is 5.46. The highest BCUT2D eigenvalue weighted by Crippen LogP contribution is 2.48. The third-order valence-electron chi connectivity index (χ3n) is 3.63. The number of aliphatic hydroxyl groups is 1. The molecule has 1 rings (SSSR count). The lowest BCUT2D eigenvalue weighted by Crippen LogP contribution is -2.34. The van der Waals surface area contributed by atoms with Crippen molar-refractivity contribution in [1.82, 2.24) is 5.32 Å². The van der Waals surface area contributed by atoms with Crippen molar-refractivity contribution in [2.45, 2.75) is 45.1 Å². The summed E-state index contributed by atoms with van der Waals surface area (Å²) in [5.74, 6) is 0. The van der Waals surface area contributed by atoms with Gasteiger partial charge in [-0.15, -0.1) is 0 Å². The van der Waals surface area contributed by atoms with Gasteiger partial charge in [-0.25, -0.2) is 0 Å². The third-order valence-corrected chi connectivity index (χ3v) is 3.63. The summed E-state index contributed by atoms with van der Waals surface area (Å²) >= 11 is 0. The molecule has 2 N–H and O–H groups in total. The zero-order valence-electron chi connectivity index (χ0n) is 11.9. The number of nitrogens with one attached hydrogen (secondary N) is 1. The smallest absolute Gasteiger partial charge is 0.0897 e. The van der Waals surface area contributed by atoms with E-state index in [0.29, 0.717) is 18.6 Å². The van der Waals surface area contributed by atoms with Crippen LogP contribution in [0, 0.1) is 5.41 Å². The van der Waals surface area contributed by atoms with Crippen LogP contribution in [-0.2, 0) is 9.47 Å². The predicted molar refractivity (Wildman–Crippen MR) is 72.8 cm³/mol. The molecule has 0 aromatic heterocycles. The van der Waals surface area contributed by atoms with Gasteiger partial charge < -0.3 is 19.9 Å². The summed E-state index contributed by atoms with van der Waals surface area (Å²) in [6.45, 7) is 5.79. The Hall–Kier alpha value is -0.160. The van der Waals surface area contributed by atoms with E-state index in [1.165, 1.54) is 12.8 Å². The Morgan fingerprint density at radius 2 is 2.11 bits per heavy atom. The fourth-order valence-electron chi connectivity index (χ4n) is 2.04. The van der Waals surface area contributed by atoms with Crippen molar-refractivity contribution in [2.24, 2.45) is 5.41 Å². The van der Waals surface area contributed by atoms with E-state index in [1.807, 2.05) is 0 Å². The summed E-state index contributed by atoms with van der Waals surface area (Å²) in [5.41, 5.74) is 0.443. The topological polar surface area (TPSA) is 50.7 Å². The van der Waals surface area contributed by atoms with Crippen molar-refractivity contribution in [2.75, 3.05) is 40.0 Å². The number of rotatable bonds is 12. The summed E-state index contributed by atoms with van der Waals surface area (Å²) in [5, 5.41) is 13.1. The Labute approximate surface area is 111 Å². The Kier molecular flexibility index (Phi) is 7.82. The molecule has 18 heavy (non-hydrogen) atoms. The fraction of sp³-hybridized carbons (Fsp3) is 1.00. The first kappa shape index (κ1) is 15.9. The normalized spacial score (nSPS) is 18.8. The molecule has 4 nitrogen and oxygen atoms in total. The minimum absolute atomic E-state index is 0.389. The molecule has 0 spiro atoms. The van der Waals surface area contributed by atoms with Gasteiger partial charge >= 0.3 is 0 Å². The highest BCUT2D eigenvalue weighted by Gasteiger charge is 2.41. The van der Waals surface area contributed by atoms with Crippen molar-refractivity contribution >= 4 is 0 Å². The number of hydrogen-bond acceptors (Lipinski definition) is 4. The van der Waals surface area contributed by atoms with Gasteiger partial charge in [-0.05, 0) is 31.1 Å². The molecule has 1 saturated carbocycles. The predicted octanol–water partition coefficient (Wildman–Crippen LogP) is 1.57. The average molecular weight is 259 g/mol. The Morgan fingerprint density at radius 1 is 1.33 bits per heavy atom. The quantitative estimate of drug-likeness (QED) is 0.522. The van der Waals surface area contributed by atoms with Gasteiger partial charge in [0.1, 0.15) is 0 Å². The molecule has 1 unspecified atom stereocenters. The SMILES string of the molecule is CCCCOCC(O)CNCC1(CCOC)CC1. The van der Waals surface area contributed by atoms with E-state index in [1.54, 1.807) is 7.11 Å². The second kappa shape index (κ2) is 8.86. The molecule has 1 aliphatic carbocycles. The summed E-state index contributed by atoms with van der Waals surface area (Å²) in [6, 6.07) is 0. The molecule has 108 valence electrons. The van der Waals surface area contributed by atoms with Gasteiger partial charge in [-0.1, -0.05) is 13.3 Å². The highest BCUT2D eigenvalue weighted by molar-refractivity contribution is 4.94. The molecule has 1 aliphatic rings. The van der Waals surface area contributed by atoms with Crippen molar-refractivity contribution < 1.29 is 14.6 Å². The summed E-state index contributed by atoms with van der Waals surface area (Å²) in [7, 11) is 1.75. The summed E-state index contributed by atoms with van der Waals surface area (Å²) < 4.78 is 10.5. The largest absolute Gasteiger partial charge is 0.389 e. The third kappa shape index (κ3) is 6.69. The number of hydrogen-bond donors (Lipinski definition) is 2. The van der Waals surface area contributed by atoms with Crippen LogP contribution < -0.4 is 5.32 Å². The van der Waals surface area contributed by atoms with Gasteiger partial charge in [0.15, 0.2) is 0 Å². The van der Waals surface area contributed by atoms with Crippen molar-refractivity contribution in [3.63, 3.8) is 0 Å². The van der Waals surface area contributed by atoms with E-state index in [4.69, 9.17) is 9.47 Å². The van der Waals surface area contributed by atoms with E-state index in [0.717, 1.165) is 39.0 Å². The molecule has 1 atom stereocenters. The van der Waals surface area contributed by atoms with E-state index in [9.17, 15) is 5.11 Å². The molecule has 4 heteroatoms. The van der Waals surface area contributed by atoms with Gasteiger partial charge in [0.25, 0.3) is 0 Å². The van der Waals surface area contributed by atoms with Gasteiger partial charge in [0.2, 0.25) is 0 Å². The molecule has 0 amide bonds. The Bertz CT molecular complexity index is 207. The van der Waals surface area contributed by atoms with Crippen LogP contribution in [0.1, 0.15) is 39.0 Å². The average Bonchev–Trinajstić information content (AvgIpc) is 3.13. The number of ether oxygens (including phenoxy) is 2. The molecule has 0 heterocycles. The van der Waals surface area contributed by atoms with Crippen LogP contribution >= 0.6 is 0 Å². The maximum atomic E-state index is 9.73. The molecule has 0 aromatic rings. The van der Waals surface area contributed by atoms with Crippen molar-refractivity contribution in [3.05, 3.63) is 0 Å². The van der Waals surface area contributed by atoms with Crippen LogP contribution in [0.4, 0.5) is 0 Å². The second-order valence-corrected chi connectivity index (χ2v) is 5.46. The molecule has 0 saturated heterocycles. The first-order chi connectivity index (χ1) is 8.72. The molecular weight excluding hydrogens is 230 g/mol. The zero-order valence-corrected chi connectivity index (χ0v) is 11.9. The lowest BCUT2D eigenvalue weighted by Gasteiger charge is -2.17. The standard InChI is InChI=1S/C14H29NO3/c1-3-4-8-18-11-13(16)10-15-12-14(5-6-14)7-9-17-2/h13,15-16H,3-12H2,1-2H3. The van der Waals surface area contributed by atoms with Gasteiger partial charge in [0.05, 0.1) is 12.7 Å². The maximum Gasteiger partial charge on any atom is 0.0897 e. The van der Waals surface area contributed by atoms with Crippen LogP contribution in [0.5, 0.6) is 0 Å². The van der Waals surface area contributed by atoms with E-state index in [-0.39, 0.29) is 6.10 Å². The van der Waals surface area contributed by atoms with Crippen LogP contribution in [0.3, 0.4) is 0 Å². The molecule has 0 aliphatic heterocycles. The number of aliphatic hydroxyl groups excluding tert-OH is 1. The maximum absolute atomic E-state index is 9.73. The summed E-state index contributed by atoms with van der Waals surface area (Å²) in [4.78, 5) is 0. The first-order valence-electron chi connectivity index (χ1n) is 7.18. The lowest BCUT2D eigenvalue weighted by atomic mass is 10.0. The zero-order chi connectivity index (χ0) is 13.3. The molecule has 1 fully saturated rings. The van der Waals surface area contributed by atoms with Gasteiger partial charge in [-0.3, -0.25) is 0 Å². The van der Waals surface area contributed by atoms with E-state index in [2.05, 4.69) is 12.2 Å². The first-order valence-corrected chi connectivity index (χ1v) is 7.18. The van der Waals surface area contributed by atoms with Crippen LogP contribution in [0.15, 0.2) is 0 Å². The molecule has 0 bridgehead atoms. The van der Waals surface area contributed by atoms with Gasteiger partial charge in [0, 0.05) is 33.4 Å². The number of methoxy groups -OCH3 is 1. The molecule has 0 radical (unpaired) electrons. The van der Waals surface area contributed by atoms with Crippen LogP contribution in [0.2, 0.25) is 0 Å². The summed E-state index contributed by atoms with van der Waals surface area (Å²) in [6.07, 6.45) is 5.51. The fourth-order valence-corrected chi connectivity index (χ4v) is 2.04. The minimum Gasteiger partial charge on any atom is -0.389 e. The molecule has 0 aromatic carbocycles.